The maximum absolute atomic E-state index is 13.5. The summed E-state index contributed by atoms with van der Waals surface area (Å²) in [6, 6.07) is 5.13. The summed E-state index contributed by atoms with van der Waals surface area (Å²) in [5, 5.41) is 3.34. The van der Waals surface area contributed by atoms with E-state index in [9.17, 15) is 4.39 Å². The van der Waals surface area contributed by atoms with Gasteiger partial charge in [-0.15, -0.1) is 0 Å². The van der Waals surface area contributed by atoms with Crippen molar-refractivity contribution in [1.82, 2.24) is 5.32 Å². The van der Waals surface area contributed by atoms with Crippen LogP contribution in [0.4, 0.5) is 4.39 Å². The van der Waals surface area contributed by atoms with Gasteiger partial charge in [0.15, 0.2) is 11.6 Å². The summed E-state index contributed by atoms with van der Waals surface area (Å²) in [7, 11) is 0. The lowest BCUT2D eigenvalue weighted by Gasteiger charge is -2.23. The van der Waals surface area contributed by atoms with Crippen molar-refractivity contribution in [2.75, 3.05) is 6.54 Å². The van der Waals surface area contributed by atoms with Gasteiger partial charge in [0.2, 0.25) is 0 Å². The largest absolute Gasteiger partial charge is 0.486 e. The maximum atomic E-state index is 13.5. The molecule has 0 amide bonds. The van der Waals surface area contributed by atoms with Gasteiger partial charge in [-0.1, -0.05) is 13.0 Å². The second-order valence-electron chi connectivity index (χ2n) is 4.50. The molecule has 2 nitrogen and oxygen atoms in total. The molecule has 2 atom stereocenters. The first-order valence-corrected chi connectivity index (χ1v) is 6.20. The summed E-state index contributed by atoms with van der Waals surface area (Å²) >= 11 is 0. The highest BCUT2D eigenvalue weighted by Gasteiger charge is 2.14. The average molecular weight is 239 g/mol. The van der Waals surface area contributed by atoms with Crippen molar-refractivity contribution < 1.29 is 9.13 Å². The zero-order valence-corrected chi connectivity index (χ0v) is 11.1. The molecule has 0 aromatic heterocycles. The van der Waals surface area contributed by atoms with Crippen LogP contribution in [0.5, 0.6) is 5.75 Å². The van der Waals surface area contributed by atoms with Crippen LogP contribution in [-0.4, -0.2) is 18.7 Å². The minimum absolute atomic E-state index is 0.0575. The molecular formula is C14H22FNO. The molecule has 2 unspecified atom stereocenters. The smallest absolute Gasteiger partial charge is 0.165 e. The Morgan fingerprint density at radius 3 is 2.71 bits per heavy atom. The Morgan fingerprint density at radius 2 is 2.06 bits per heavy atom. The van der Waals surface area contributed by atoms with Gasteiger partial charge in [-0.05, 0) is 51.4 Å². The molecule has 0 spiro atoms. The highest BCUT2D eigenvalue weighted by Crippen LogP contribution is 2.20. The van der Waals surface area contributed by atoms with Gasteiger partial charge < -0.3 is 10.1 Å². The van der Waals surface area contributed by atoms with Gasteiger partial charge in [-0.3, -0.25) is 0 Å². The van der Waals surface area contributed by atoms with E-state index in [4.69, 9.17) is 4.74 Å². The van der Waals surface area contributed by atoms with E-state index in [1.165, 1.54) is 6.07 Å². The number of aryl methyl sites for hydroxylation is 1. The van der Waals surface area contributed by atoms with Crippen molar-refractivity contribution in [2.45, 2.75) is 46.3 Å². The molecule has 0 aliphatic heterocycles. The van der Waals surface area contributed by atoms with Crippen molar-refractivity contribution in [3.8, 4) is 5.75 Å². The quantitative estimate of drug-likeness (QED) is 0.822. The van der Waals surface area contributed by atoms with E-state index in [2.05, 4.69) is 12.2 Å². The molecule has 1 rings (SSSR count). The highest BCUT2D eigenvalue weighted by molar-refractivity contribution is 5.29. The number of ether oxygens (including phenoxy) is 1. The molecule has 3 heteroatoms. The first-order valence-electron chi connectivity index (χ1n) is 6.20. The van der Waals surface area contributed by atoms with E-state index in [1.54, 1.807) is 12.1 Å². The molecule has 17 heavy (non-hydrogen) atoms. The predicted octanol–water partition coefficient (Wildman–Crippen LogP) is 3.29. The lowest BCUT2D eigenvalue weighted by Crippen LogP contribution is -2.39. The van der Waals surface area contributed by atoms with Crippen molar-refractivity contribution in [1.29, 1.82) is 0 Å². The molecule has 0 aliphatic carbocycles. The molecule has 0 saturated carbocycles. The van der Waals surface area contributed by atoms with E-state index in [0.29, 0.717) is 5.75 Å². The second kappa shape index (κ2) is 6.60. The van der Waals surface area contributed by atoms with Crippen molar-refractivity contribution in [2.24, 2.45) is 0 Å². The Morgan fingerprint density at radius 1 is 1.35 bits per heavy atom. The third-order valence-corrected chi connectivity index (χ3v) is 2.82. The molecule has 0 heterocycles. The molecule has 1 aromatic rings. The van der Waals surface area contributed by atoms with Crippen LogP contribution in [0, 0.1) is 12.7 Å². The van der Waals surface area contributed by atoms with Crippen LogP contribution < -0.4 is 10.1 Å². The van der Waals surface area contributed by atoms with Crippen LogP contribution in [0.3, 0.4) is 0 Å². The molecule has 0 saturated heterocycles. The fourth-order valence-corrected chi connectivity index (χ4v) is 1.54. The predicted molar refractivity (Wildman–Crippen MR) is 69.0 cm³/mol. The first-order chi connectivity index (χ1) is 8.04. The van der Waals surface area contributed by atoms with Gasteiger partial charge in [0.1, 0.15) is 6.10 Å². The third kappa shape index (κ3) is 4.35. The summed E-state index contributed by atoms with van der Waals surface area (Å²) in [5.74, 6) is 0.0350. The number of hydrogen-bond acceptors (Lipinski definition) is 2. The van der Waals surface area contributed by atoms with Crippen LogP contribution in [0.25, 0.3) is 0 Å². The summed E-state index contributed by atoms with van der Waals surface area (Å²) < 4.78 is 19.1. The number of nitrogens with one attached hydrogen (secondary N) is 1. The fourth-order valence-electron chi connectivity index (χ4n) is 1.54. The molecule has 0 fully saturated rings. The van der Waals surface area contributed by atoms with Gasteiger partial charge in [-0.2, -0.15) is 0 Å². The number of hydrogen-bond donors (Lipinski definition) is 1. The normalized spacial score (nSPS) is 14.4. The van der Waals surface area contributed by atoms with E-state index in [0.717, 1.165) is 18.5 Å². The Kier molecular flexibility index (Phi) is 5.42. The van der Waals surface area contributed by atoms with Crippen LogP contribution in [-0.2, 0) is 0 Å². The van der Waals surface area contributed by atoms with Crippen molar-refractivity contribution in [3.05, 3.63) is 29.6 Å². The molecule has 96 valence electrons. The summed E-state index contributed by atoms with van der Waals surface area (Å²) in [5.41, 5.74) is 1.00. The molecule has 0 radical (unpaired) electrons. The van der Waals surface area contributed by atoms with Crippen LogP contribution >= 0.6 is 0 Å². The number of halogens is 1. The highest BCUT2D eigenvalue weighted by atomic mass is 19.1. The van der Waals surface area contributed by atoms with Crippen molar-refractivity contribution in [3.63, 3.8) is 0 Å². The van der Waals surface area contributed by atoms with Crippen molar-refractivity contribution >= 4 is 0 Å². The molecular weight excluding hydrogens is 217 g/mol. The van der Waals surface area contributed by atoms with Crippen LogP contribution in [0.1, 0.15) is 32.8 Å². The zero-order valence-electron chi connectivity index (χ0n) is 11.1. The molecule has 0 bridgehead atoms. The van der Waals surface area contributed by atoms with E-state index in [1.807, 2.05) is 20.8 Å². The standard InChI is InChI=1S/C14H22FNO/c1-5-8-16-11(3)12(4)17-14-9-10(2)6-7-13(14)15/h6-7,9,11-12,16H,5,8H2,1-4H3. The lowest BCUT2D eigenvalue weighted by molar-refractivity contribution is 0.171. The fraction of sp³-hybridized carbons (Fsp3) is 0.571. The average Bonchev–Trinajstić information content (AvgIpc) is 2.30. The maximum Gasteiger partial charge on any atom is 0.165 e. The van der Waals surface area contributed by atoms with E-state index < -0.39 is 0 Å². The molecule has 1 N–H and O–H groups in total. The van der Waals surface area contributed by atoms with Gasteiger partial charge in [0.25, 0.3) is 0 Å². The van der Waals surface area contributed by atoms with Gasteiger partial charge >= 0.3 is 0 Å². The first kappa shape index (κ1) is 14.0. The number of benzene rings is 1. The summed E-state index contributed by atoms with van der Waals surface area (Å²) in [4.78, 5) is 0. The third-order valence-electron chi connectivity index (χ3n) is 2.82. The SMILES string of the molecule is CCCNC(C)C(C)Oc1cc(C)ccc1F. The molecule has 0 aliphatic rings. The Balaban J connectivity index is 2.60. The molecule has 1 aromatic carbocycles. The Bertz CT molecular complexity index is 354. The van der Waals surface area contributed by atoms with E-state index >= 15 is 0 Å². The van der Waals surface area contributed by atoms with Gasteiger partial charge in [0, 0.05) is 6.04 Å². The van der Waals surface area contributed by atoms with Crippen LogP contribution in [0.15, 0.2) is 18.2 Å². The van der Waals surface area contributed by atoms with Gasteiger partial charge in [-0.25, -0.2) is 4.39 Å². The Hall–Kier alpha value is -1.09. The Labute approximate surface area is 103 Å². The lowest BCUT2D eigenvalue weighted by atomic mass is 10.2. The monoisotopic (exact) mass is 239 g/mol. The minimum Gasteiger partial charge on any atom is -0.486 e. The minimum atomic E-state index is -0.301. The van der Waals surface area contributed by atoms with Crippen LogP contribution in [0.2, 0.25) is 0 Å². The zero-order chi connectivity index (χ0) is 12.8. The topological polar surface area (TPSA) is 21.3 Å². The van der Waals surface area contributed by atoms with E-state index in [-0.39, 0.29) is 18.0 Å². The number of rotatable bonds is 6. The second-order valence-corrected chi connectivity index (χ2v) is 4.50. The summed E-state index contributed by atoms with van der Waals surface area (Å²) in [6.45, 7) is 9.00. The van der Waals surface area contributed by atoms with Gasteiger partial charge in [0.05, 0.1) is 0 Å². The summed E-state index contributed by atoms with van der Waals surface area (Å²) in [6.07, 6.45) is 1.02.